The highest BCUT2D eigenvalue weighted by Crippen LogP contribution is 2.38. The van der Waals surface area contributed by atoms with Crippen molar-refractivity contribution in [1.82, 2.24) is 9.88 Å². The largest absolute Gasteiger partial charge is 0.370 e. The van der Waals surface area contributed by atoms with E-state index in [-0.39, 0.29) is 5.60 Å². The average molecular weight is 261 g/mol. The fraction of sp³-hybridized carbons (Fsp3) is 0.667. The lowest BCUT2D eigenvalue weighted by Crippen LogP contribution is -2.44. The summed E-state index contributed by atoms with van der Waals surface area (Å²) in [5, 5.41) is 0. The molecular weight excluding hydrogens is 238 g/mol. The van der Waals surface area contributed by atoms with Crippen LogP contribution in [0, 0.1) is 0 Å². The molecule has 0 aliphatic carbocycles. The van der Waals surface area contributed by atoms with E-state index >= 15 is 0 Å². The molecule has 2 aliphatic heterocycles. The van der Waals surface area contributed by atoms with Crippen LogP contribution in [0.2, 0.25) is 0 Å². The Balaban J connectivity index is 1.53. The summed E-state index contributed by atoms with van der Waals surface area (Å²) >= 11 is 0. The molecule has 2 N–H and O–H groups in total. The summed E-state index contributed by atoms with van der Waals surface area (Å²) in [5.41, 5.74) is 7.14. The van der Waals surface area contributed by atoms with Gasteiger partial charge in [-0.2, -0.15) is 0 Å². The van der Waals surface area contributed by atoms with Gasteiger partial charge in [-0.3, -0.25) is 9.88 Å². The maximum absolute atomic E-state index is 6.17. The first kappa shape index (κ1) is 13.0. The normalized spacial score (nSPS) is 26.9. The molecule has 0 aromatic carbocycles. The van der Waals surface area contributed by atoms with Crippen molar-refractivity contribution in [2.75, 3.05) is 19.6 Å². The maximum Gasteiger partial charge on any atom is 0.0712 e. The smallest absolute Gasteiger partial charge is 0.0712 e. The number of aromatic nitrogens is 1. The van der Waals surface area contributed by atoms with Crippen LogP contribution in [0.3, 0.4) is 0 Å². The molecule has 0 radical (unpaired) electrons. The number of piperidine rings is 1. The first-order valence-electron chi connectivity index (χ1n) is 7.29. The molecule has 4 heteroatoms. The lowest BCUT2D eigenvalue weighted by Gasteiger charge is -2.39. The fourth-order valence-electron chi connectivity index (χ4n) is 3.30. The Labute approximate surface area is 115 Å². The molecular formula is C15H23N3O. The van der Waals surface area contributed by atoms with Crippen LogP contribution in [0.25, 0.3) is 0 Å². The van der Waals surface area contributed by atoms with Crippen LogP contribution in [0.5, 0.6) is 0 Å². The van der Waals surface area contributed by atoms with E-state index in [2.05, 4.69) is 16.0 Å². The number of likely N-dealkylation sites (tertiary alicyclic amines) is 1. The van der Waals surface area contributed by atoms with E-state index in [1.165, 1.54) is 12.0 Å². The molecule has 1 atom stereocenters. The molecule has 0 saturated carbocycles. The van der Waals surface area contributed by atoms with E-state index in [0.29, 0.717) is 12.6 Å². The van der Waals surface area contributed by atoms with Gasteiger partial charge in [-0.05, 0) is 37.3 Å². The van der Waals surface area contributed by atoms with Gasteiger partial charge in [0.2, 0.25) is 0 Å². The topological polar surface area (TPSA) is 51.4 Å². The molecule has 1 aromatic rings. The first-order valence-corrected chi connectivity index (χ1v) is 7.29. The second kappa shape index (κ2) is 5.57. The third-order valence-electron chi connectivity index (χ3n) is 4.50. The number of rotatable bonds is 3. The van der Waals surface area contributed by atoms with Gasteiger partial charge in [-0.15, -0.1) is 0 Å². The Morgan fingerprint density at radius 2 is 2.21 bits per heavy atom. The number of nitrogens with two attached hydrogens (primary N) is 1. The number of ether oxygens (including phenoxy) is 1. The predicted octanol–water partition coefficient (Wildman–Crippen LogP) is 1.55. The standard InChI is InChI=1S/C15H23N3O/c16-10-14-3-4-15(19-14)5-8-18(9-6-15)12-13-2-1-7-17-11-13/h1-2,7,11,14H,3-6,8-10,12,16H2/t14-/m1/s1. The van der Waals surface area contributed by atoms with Gasteiger partial charge in [0, 0.05) is 38.6 Å². The Morgan fingerprint density at radius 1 is 1.37 bits per heavy atom. The quantitative estimate of drug-likeness (QED) is 0.897. The van der Waals surface area contributed by atoms with Crippen molar-refractivity contribution in [2.45, 2.75) is 43.9 Å². The molecule has 19 heavy (non-hydrogen) atoms. The van der Waals surface area contributed by atoms with Crippen LogP contribution < -0.4 is 5.73 Å². The van der Waals surface area contributed by atoms with Gasteiger partial charge in [0.25, 0.3) is 0 Å². The molecule has 1 spiro atoms. The highest BCUT2D eigenvalue weighted by Gasteiger charge is 2.41. The molecule has 0 bridgehead atoms. The van der Waals surface area contributed by atoms with E-state index in [1.54, 1.807) is 0 Å². The van der Waals surface area contributed by atoms with E-state index in [0.717, 1.165) is 38.9 Å². The number of pyridine rings is 1. The third-order valence-corrected chi connectivity index (χ3v) is 4.50. The minimum Gasteiger partial charge on any atom is -0.370 e. The summed E-state index contributed by atoms with van der Waals surface area (Å²) in [5.74, 6) is 0. The van der Waals surface area contributed by atoms with Crippen molar-refractivity contribution in [3.8, 4) is 0 Å². The minimum absolute atomic E-state index is 0.134. The van der Waals surface area contributed by atoms with Gasteiger partial charge < -0.3 is 10.5 Å². The van der Waals surface area contributed by atoms with Gasteiger partial charge in [-0.1, -0.05) is 6.07 Å². The lowest BCUT2D eigenvalue weighted by molar-refractivity contribution is -0.0749. The highest BCUT2D eigenvalue weighted by molar-refractivity contribution is 5.08. The van der Waals surface area contributed by atoms with Crippen molar-refractivity contribution in [2.24, 2.45) is 5.73 Å². The maximum atomic E-state index is 6.17. The molecule has 3 heterocycles. The summed E-state index contributed by atoms with van der Waals surface area (Å²) in [6.07, 6.45) is 8.70. The Bertz CT molecular complexity index is 401. The van der Waals surface area contributed by atoms with Gasteiger partial charge in [0.1, 0.15) is 0 Å². The Morgan fingerprint density at radius 3 is 2.84 bits per heavy atom. The number of nitrogens with zero attached hydrogens (tertiary/aromatic N) is 2. The summed E-state index contributed by atoms with van der Waals surface area (Å²) in [6.45, 7) is 3.91. The Kier molecular flexibility index (Phi) is 3.82. The van der Waals surface area contributed by atoms with Gasteiger partial charge >= 0.3 is 0 Å². The van der Waals surface area contributed by atoms with Crippen LogP contribution in [-0.4, -0.2) is 41.2 Å². The number of hydrogen-bond donors (Lipinski definition) is 1. The molecule has 0 unspecified atom stereocenters. The summed E-state index contributed by atoms with van der Waals surface area (Å²) < 4.78 is 6.17. The van der Waals surface area contributed by atoms with Crippen molar-refractivity contribution >= 4 is 0 Å². The predicted molar refractivity (Wildman–Crippen MR) is 74.6 cm³/mol. The summed E-state index contributed by atoms with van der Waals surface area (Å²) in [7, 11) is 0. The monoisotopic (exact) mass is 261 g/mol. The van der Waals surface area contributed by atoms with Crippen LogP contribution in [0.15, 0.2) is 24.5 Å². The van der Waals surface area contributed by atoms with E-state index in [4.69, 9.17) is 10.5 Å². The van der Waals surface area contributed by atoms with E-state index in [1.807, 2.05) is 18.5 Å². The van der Waals surface area contributed by atoms with Crippen molar-refractivity contribution < 1.29 is 4.74 Å². The minimum atomic E-state index is 0.134. The highest BCUT2D eigenvalue weighted by atomic mass is 16.5. The molecule has 0 amide bonds. The molecule has 1 aromatic heterocycles. The molecule has 3 rings (SSSR count). The van der Waals surface area contributed by atoms with Crippen LogP contribution in [-0.2, 0) is 11.3 Å². The summed E-state index contributed by atoms with van der Waals surface area (Å²) in [4.78, 5) is 6.68. The van der Waals surface area contributed by atoms with E-state index < -0.39 is 0 Å². The van der Waals surface area contributed by atoms with Crippen LogP contribution in [0.4, 0.5) is 0 Å². The third kappa shape index (κ3) is 2.96. The van der Waals surface area contributed by atoms with Gasteiger partial charge in [0.15, 0.2) is 0 Å². The SMILES string of the molecule is NC[C@H]1CCC2(CCN(Cc3cccnc3)CC2)O1. The van der Waals surface area contributed by atoms with Gasteiger partial charge in [0.05, 0.1) is 11.7 Å². The first-order chi connectivity index (χ1) is 9.30. The van der Waals surface area contributed by atoms with Crippen molar-refractivity contribution in [3.05, 3.63) is 30.1 Å². The van der Waals surface area contributed by atoms with Crippen LogP contribution >= 0.6 is 0 Å². The molecule has 104 valence electrons. The van der Waals surface area contributed by atoms with Crippen LogP contribution in [0.1, 0.15) is 31.2 Å². The zero-order valence-corrected chi connectivity index (χ0v) is 11.4. The molecule has 4 nitrogen and oxygen atoms in total. The fourth-order valence-corrected chi connectivity index (χ4v) is 3.30. The van der Waals surface area contributed by atoms with Gasteiger partial charge in [-0.25, -0.2) is 0 Å². The zero-order valence-electron chi connectivity index (χ0n) is 11.4. The lowest BCUT2D eigenvalue weighted by atomic mass is 9.88. The number of hydrogen-bond acceptors (Lipinski definition) is 4. The summed E-state index contributed by atoms with van der Waals surface area (Å²) in [6, 6.07) is 4.15. The van der Waals surface area contributed by atoms with E-state index in [9.17, 15) is 0 Å². The van der Waals surface area contributed by atoms with Crippen molar-refractivity contribution in [1.29, 1.82) is 0 Å². The molecule has 2 saturated heterocycles. The van der Waals surface area contributed by atoms with Crippen molar-refractivity contribution in [3.63, 3.8) is 0 Å². The molecule has 2 aliphatic rings. The second-order valence-corrected chi connectivity index (χ2v) is 5.83. The molecule has 2 fully saturated rings. The average Bonchev–Trinajstić information content (AvgIpc) is 2.86. The zero-order chi connectivity index (χ0) is 13.1. The second-order valence-electron chi connectivity index (χ2n) is 5.83. The Hall–Kier alpha value is -0.970.